The highest BCUT2D eigenvalue weighted by Crippen LogP contribution is 2.33. The minimum absolute atomic E-state index is 0.0632. The first-order valence-corrected chi connectivity index (χ1v) is 7.61. The van der Waals surface area contributed by atoms with Gasteiger partial charge in [0.05, 0.1) is 19.9 Å². The first-order valence-electron chi connectivity index (χ1n) is 7.61. The van der Waals surface area contributed by atoms with Gasteiger partial charge in [0.15, 0.2) is 5.69 Å². The van der Waals surface area contributed by atoms with E-state index in [-0.39, 0.29) is 11.9 Å². The number of amides is 1. The second-order valence-corrected chi connectivity index (χ2v) is 5.42. The molecule has 0 saturated heterocycles. The third-order valence-electron chi connectivity index (χ3n) is 3.42. The Balaban J connectivity index is 2.47. The Labute approximate surface area is 136 Å². The smallest absolute Gasteiger partial charge is 0.271 e. The van der Waals surface area contributed by atoms with Gasteiger partial charge in [-0.2, -0.15) is 5.10 Å². The highest BCUT2D eigenvalue weighted by molar-refractivity contribution is 5.93. The molecule has 2 aromatic rings. The lowest BCUT2D eigenvalue weighted by molar-refractivity contribution is 0.0937. The van der Waals surface area contributed by atoms with Gasteiger partial charge in [-0.3, -0.25) is 9.48 Å². The average molecular weight is 317 g/mol. The summed E-state index contributed by atoms with van der Waals surface area (Å²) in [5.41, 5.74) is 2.10. The third-order valence-corrected chi connectivity index (χ3v) is 3.42. The van der Waals surface area contributed by atoms with Crippen LogP contribution in [0.5, 0.6) is 11.5 Å². The van der Waals surface area contributed by atoms with Gasteiger partial charge in [0.25, 0.3) is 5.91 Å². The Morgan fingerprint density at radius 1 is 1.26 bits per heavy atom. The normalized spacial score (nSPS) is 10.7. The van der Waals surface area contributed by atoms with Crippen molar-refractivity contribution in [1.82, 2.24) is 15.1 Å². The van der Waals surface area contributed by atoms with E-state index in [1.54, 1.807) is 25.0 Å². The summed E-state index contributed by atoms with van der Waals surface area (Å²) in [7, 11) is 3.22. The minimum Gasteiger partial charge on any atom is -0.497 e. The van der Waals surface area contributed by atoms with Crippen molar-refractivity contribution in [1.29, 1.82) is 0 Å². The number of aryl methyl sites for hydroxylation is 1. The van der Waals surface area contributed by atoms with E-state index in [9.17, 15) is 4.79 Å². The predicted molar refractivity (Wildman–Crippen MR) is 89.0 cm³/mol. The van der Waals surface area contributed by atoms with Crippen molar-refractivity contribution in [2.45, 2.75) is 33.4 Å². The summed E-state index contributed by atoms with van der Waals surface area (Å²) >= 11 is 0. The van der Waals surface area contributed by atoms with Gasteiger partial charge in [-0.1, -0.05) is 0 Å². The molecular weight excluding hydrogens is 294 g/mol. The SMILES string of the molecule is CCn1nc(C(=O)NC(C)C)cc1-c1ccc(OC)cc1OC. The van der Waals surface area contributed by atoms with Crippen LogP contribution in [0.2, 0.25) is 0 Å². The number of nitrogens with one attached hydrogen (secondary N) is 1. The summed E-state index contributed by atoms with van der Waals surface area (Å²) in [5, 5.41) is 7.25. The lowest BCUT2D eigenvalue weighted by Gasteiger charge is -2.11. The molecule has 1 amide bonds. The number of nitrogens with zero attached hydrogens (tertiary/aromatic N) is 2. The highest BCUT2D eigenvalue weighted by atomic mass is 16.5. The van der Waals surface area contributed by atoms with Crippen LogP contribution >= 0.6 is 0 Å². The van der Waals surface area contributed by atoms with Crippen LogP contribution in [0.4, 0.5) is 0 Å². The highest BCUT2D eigenvalue weighted by Gasteiger charge is 2.18. The van der Waals surface area contributed by atoms with Crippen molar-refractivity contribution in [3.05, 3.63) is 30.0 Å². The Morgan fingerprint density at radius 3 is 2.57 bits per heavy atom. The molecular formula is C17H23N3O3. The summed E-state index contributed by atoms with van der Waals surface area (Å²) in [4.78, 5) is 12.2. The fraction of sp³-hybridized carbons (Fsp3) is 0.412. The molecule has 1 N–H and O–H groups in total. The van der Waals surface area contributed by atoms with Crippen LogP contribution in [0.3, 0.4) is 0 Å². The Kier molecular flexibility index (Phi) is 5.26. The number of hydrogen-bond acceptors (Lipinski definition) is 4. The molecule has 0 aliphatic heterocycles. The van der Waals surface area contributed by atoms with Gasteiger partial charge in [0, 0.05) is 24.2 Å². The molecule has 2 rings (SSSR count). The second-order valence-electron chi connectivity index (χ2n) is 5.42. The van der Waals surface area contributed by atoms with Gasteiger partial charge in [0.1, 0.15) is 11.5 Å². The monoisotopic (exact) mass is 317 g/mol. The molecule has 0 saturated carbocycles. The zero-order valence-corrected chi connectivity index (χ0v) is 14.2. The summed E-state index contributed by atoms with van der Waals surface area (Å²) in [5.74, 6) is 1.21. The molecule has 0 radical (unpaired) electrons. The van der Waals surface area contributed by atoms with Crippen molar-refractivity contribution < 1.29 is 14.3 Å². The fourth-order valence-corrected chi connectivity index (χ4v) is 2.33. The summed E-state index contributed by atoms with van der Waals surface area (Å²) in [6.45, 7) is 6.47. The fourth-order valence-electron chi connectivity index (χ4n) is 2.33. The van der Waals surface area contributed by atoms with Crippen molar-refractivity contribution in [2.75, 3.05) is 14.2 Å². The molecule has 1 aromatic carbocycles. The topological polar surface area (TPSA) is 65.4 Å². The van der Waals surface area contributed by atoms with E-state index in [1.165, 1.54) is 0 Å². The van der Waals surface area contributed by atoms with Crippen molar-refractivity contribution >= 4 is 5.91 Å². The number of rotatable bonds is 6. The molecule has 0 bridgehead atoms. The van der Waals surface area contributed by atoms with E-state index in [0.717, 1.165) is 11.3 Å². The number of aromatic nitrogens is 2. The average Bonchev–Trinajstić information content (AvgIpc) is 2.97. The summed E-state index contributed by atoms with van der Waals surface area (Å²) in [6.07, 6.45) is 0. The molecule has 0 unspecified atom stereocenters. The molecule has 0 atom stereocenters. The molecule has 0 aliphatic carbocycles. The van der Waals surface area contributed by atoms with Gasteiger partial charge in [-0.25, -0.2) is 0 Å². The molecule has 1 heterocycles. The Morgan fingerprint density at radius 2 is 2.00 bits per heavy atom. The largest absolute Gasteiger partial charge is 0.497 e. The molecule has 6 heteroatoms. The molecule has 1 aromatic heterocycles. The molecule has 0 spiro atoms. The quantitative estimate of drug-likeness (QED) is 0.889. The maximum Gasteiger partial charge on any atom is 0.271 e. The number of benzene rings is 1. The first kappa shape index (κ1) is 16.9. The van der Waals surface area contributed by atoms with E-state index in [2.05, 4.69) is 10.4 Å². The number of carbonyl (C=O) groups excluding carboxylic acids is 1. The van der Waals surface area contributed by atoms with E-state index in [1.807, 2.05) is 39.0 Å². The molecule has 6 nitrogen and oxygen atoms in total. The van der Waals surface area contributed by atoms with Crippen LogP contribution in [0.15, 0.2) is 24.3 Å². The zero-order valence-electron chi connectivity index (χ0n) is 14.2. The van der Waals surface area contributed by atoms with E-state index >= 15 is 0 Å². The third kappa shape index (κ3) is 3.64. The maximum atomic E-state index is 12.2. The Hall–Kier alpha value is -2.50. The van der Waals surface area contributed by atoms with Crippen molar-refractivity contribution in [2.24, 2.45) is 0 Å². The van der Waals surface area contributed by atoms with Crippen LogP contribution in [0.25, 0.3) is 11.3 Å². The Bertz CT molecular complexity index is 692. The maximum absolute atomic E-state index is 12.2. The predicted octanol–water partition coefficient (Wildman–Crippen LogP) is 2.73. The van der Waals surface area contributed by atoms with Gasteiger partial charge < -0.3 is 14.8 Å². The van der Waals surface area contributed by atoms with E-state index in [4.69, 9.17) is 9.47 Å². The van der Waals surface area contributed by atoms with Gasteiger partial charge in [0.2, 0.25) is 0 Å². The second kappa shape index (κ2) is 7.17. The summed E-state index contributed by atoms with van der Waals surface area (Å²) < 4.78 is 12.5. The molecule has 124 valence electrons. The van der Waals surface area contributed by atoms with Crippen LogP contribution in [0, 0.1) is 0 Å². The number of ether oxygens (including phenoxy) is 2. The summed E-state index contributed by atoms with van der Waals surface area (Å²) in [6, 6.07) is 7.43. The lowest BCUT2D eigenvalue weighted by atomic mass is 10.1. The van der Waals surface area contributed by atoms with Crippen molar-refractivity contribution in [3.63, 3.8) is 0 Å². The first-order chi connectivity index (χ1) is 11.0. The van der Waals surface area contributed by atoms with Crippen LogP contribution in [-0.2, 0) is 6.54 Å². The van der Waals surface area contributed by atoms with Crippen LogP contribution < -0.4 is 14.8 Å². The van der Waals surface area contributed by atoms with Gasteiger partial charge in [-0.15, -0.1) is 0 Å². The molecule has 0 aliphatic rings. The zero-order chi connectivity index (χ0) is 17.0. The molecule has 23 heavy (non-hydrogen) atoms. The standard InChI is InChI=1S/C17H23N3O3/c1-6-20-15(10-14(19-20)17(21)18-11(2)3)13-8-7-12(22-4)9-16(13)23-5/h7-11H,6H2,1-5H3,(H,18,21). The lowest BCUT2D eigenvalue weighted by Crippen LogP contribution is -2.30. The van der Waals surface area contributed by atoms with Gasteiger partial charge in [-0.05, 0) is 39.0 Å². The minimum atomic E-state index is -0.180. The number of methoxy groups -OCH3 is 2. The van der Waals surface area contributed by atoms with E-state index < -0.39 is 0 Å². The van der Waals surface area contributed by atoms with Crippen LogP contribution in [-0.4, -0.2) is 35.9 Å². The van der Waals surface area contributed by atoms with Crippen molar-refractivity contribution in [3.8, 4) is 22.8 Å². The van der Waals surface area contributed by atoms with E-state index in [0.29, 0.717) is 23.7 Å². The molecule has 0 fully saturated rings. The number of carbonyl (C=O) groups is 1. The van der Waals surface area contributed by atoms with Gasteiger partial charge >= 0.3 is 0 Å². The number of hydrogen-bond donors (Lipinski definition) is 1. The van der Waals surface area contributed by atoms with Crippen LogP contribution in [0.1, 0.15) is 31.3 Å².